The maximum Gasteiger partial charge on any atom is 0.409 e. The predicted molar refractivity (Wildman–Crippen MR) is 108 cm³/mol. The smallest absolute Gasteiger partial charge is 0.409 e. The van der Waals surface area contributed by atoms with Gasteiger partial charge in [0.15, 0.2) is 5.69 Å². The molecular formula is C20H17BClN2O3. The van der Waals surface area contributed by atoms with Crippen molar-refractivity contribution in [1.29, 1.82) is 0 Å². The van der Waals surface area contributed by atoms with Crippen molar-refractivity contribution in [3.8, 4) is 16.9 Å². The second-order valence-electron chi connectivity index (χ2n) is 6.06. The number of pyridine rings is 1. The highest BCUT2D eigenvalue weighted by Crippen LogP contribution is 2.24. The lowest BCUT2D eigenvalue weighted by Crippen LogP contribution is -2.24. The molecule has 1 heterocycles. The first-order valence-electron chi connectivity index (χ1n) is 8.21. The summed E-state index contributed by atoms with van der Waals surface area (Å²) < 4.78 is 5.66. The number of hydrogen-bond acceptors (Lipinski definition) is 4. The Labute approximate surface area is 163 Å². The second-order valence-corrected chi connectivity index (χ2v) is 6.50. The molecule has 1 N–H and O–H groups in total. The van der Waals surface area contributed by atoms with E-state index in [1.54, 1.807) is 12.1 Å². The summed E-state index contributed by atoms with van der Waals surface area (Å²) in [4.78, 5) is 17.2. The normalized spacial score (nSPS) is 10.3. The highest BCUT2D eigenvalue weighted by Gasteiger charge is 2.15. The van der Waals surface area contributed by atoms with E-state index in [0.29, 0.717) is 5.02 Å². The van der Waals surface area contributed by atoms with Crippen molar-refractivity contribution in [2.24, 2.45) is 0 Å². The lowest BCUT2D eigenvalue weighted by atomic mass is 9.81. The highest BCUT2D eigenvalue weighted by atomic mass is 35.5. The van der Waals surface area contributed by atoms with E-state index >= 15 is 0 Å². The Bertz CT molecular complexity index is 962. The number of benzene rings is 2. The van der Waals surface area contributed by atoms with Crippen molar-refractivity contribution in [2.45, 2.75) is 0 Å². The molecule has 0 aliphatic rings. The molecule has 3 rings (SSSR count). The number of carboxylic acids is 1. The lowest BCUT2D eigenvalue weighted by molar-refractivity contribution is 0.0688. The maximum atomic E-state index is 11.3. The number of rotatable bonds is 6. The van der Waals surface area contributed by atoms with Gasteiger partial charge in [0.1, 0.15) is 5.75 Å². The van der Waals surface area contributed by atoms with Gasteiger partial charge in [-0.3, -0.25) is 0 Å². The van der Waals surface area contributed by atoms with Crippen LogP contribution in [-0.4, -0.2) is 37.6 Å². The summed E-state index contributed by atoms with van der Waals surface area (Å²) in [7, 11) is 5.47. The molecule has 7 heteroatoms. The number of aromatic nitrogens is 1. The van der Waals surface area contributed by atoms with Crippen LogP contribution in [0.2, 0.25) is 5.02 Å². The molecule has 0 saturated heterocycles. The monoisotopic (exact) mass is 379 g/mol. The van der Waals surface area contributed by atoms with Gasteiger partial charge in [-0.15, -0.1) is 0 Å². The maximum absolute atomic E-state index is 11.3. The highest BCUT2D eigenvalue weighted by molar-refractivity contribution is 6.50. The van der Waals surface area contributed by atoms with Gasteiger partial charge in [-0.1, -0.05) is 29.8 Å². The molecule has 135 valence electrons. The van der Waals surface area contributed by atoms with Crippen LogP contribution in [0.1, 0.15) is 10.5 Å². The van der Waals surface area contributed by atoms with Crippen LogP contribution in [0.15, 0.2) is 60.8 Å². The Kier molecular flexibility index (Phi) is 5.67. The summed E-state index contributed by atoms with van der Waals surface area (Å²) in [6.45, 7) is 0. The van der Waals surface area contributed by atoms with Crippen LogP contribution in [-0.2, 0) is 0 Å². The Morgan fingerprint density at radius 2 is 1.89 bits per heavy atom. The van der Waals surface area contributed by atoms with Gasteiger partial charge in [0.25, 0.3) is 0 Å². The lowest BCUT2D eigenvalue weighted by Gasteiger charge is -2.17. The van der Waals surface area contributed by atoms with E-state index in [0.717, 1.165) is 22.3 Å². The minimum Gasteiger partial charge on any atom is -0.556 e. The molecule has 0 fully saturated rings. The number of carbonyl (C=O) groups is 1. The number of nitrogens with zero attached hydrogens (tertiary/aromatic N) is 2. The number of hydrogen-bond donors (Lipinski definition) is 1. The first kappa shape index (κ1) is 18.8. The summed E-state index contributed by atoms with van der Waals surface area (Å²) in [5.41, 5.74) is 3.63. The zero-order valence-corrected chi connectivity index (χ0v) is 15.6. The Balaban J connectivity index is 1.95. The Morgan fingerprint density at radius 3 is 2.56 bits per heavy atom. The number of carboxylic acid groups (broad SMARTS) is 1. The van der Waals surface area contributed by atoms with E-state index in [1.807, 2.05) is 61.5 Å². The summed E-state index contributed by atoms with van der Waals surface area (Å²) in [6, 6.07) is 16.7. The van der Waals surface area contributed by atoms with Crippen LogP contribution in [0.4, 0.5) is 5.69 Å². The van der Waals surface area contributed by atoms with Crippen LogP contribution in [0, 0.1) is 0 Å². The minimum absolute atomic E-state index is 0.133. The van der Waals surface area contributed by atoms with Crippen LogP contribution in [0.3, 0.4) is 0 Å². The number of aromatic carboxylic acids is 1. The van der Waals surface area contributed by atoms with E-state index < -0.39 is 5.97 Å². The van der Waals surface area contributed by atoms with E-state index in [2.05, 4.69) is 4.98 Å². The van der Waals surface area contributed by atoms with Gasteiger partial charge < -0.3 is 14.7 Å². The summed E-state index contributed by atoms with van der Waals surface area (Å²) >= 11 is 6.01. The van der Waals surface area contributed by atoms with E-state index in [1.165, 1.54) is 13.7 Å². The number of halogens is 1. The zero-order chi connectivity index (χ0) is 19.4. The van der Waals surface area contributed by atoms with E-state index in [-0.39, 0.29) is 11.4 Å². The standard InChI is InChI=1S/C20H17BClN2O3/c1-24(2)15-9-10-17(16(12-15)13-5-7-14(22)8-6-13)21-27-18-4-3-11-23-19(18)20(25)26/h3-12H,1-2H3,(H,25,26). The molecule has 0 aliphatic heterocycles. The van der Waals surface area contributed by atoms with Gasteiger partial charge in [-0.2, -0.15) is 0 Å². The first-order valence-corrected chi connectivity index (χ1v) is 8.59. The Hall–Kier alpha value is -2.99. The SMILES string of the molecule is CN(C)c1ccc([B]Oc2cccnc2C(=O)O)c(-c2ccc(Cl)cc2)c1. The van der Waals surface area contributed by atoms with Gasteiger partial charge in [-0.05, 0) is 53.0 Å². The van der Waals surface area contributed by atoms with Gasteiger partial charge in [0.05, 0.1) is 0 Å². The van der Waals surface area contributed by atoms with Crippen molar-refractivity contribution < 1.29 is 14.6 Å². The molecule has 0 spiro atoms. The minimum atomic E-state index is -1.14. The molecule has 2 aromatic carbocycles. The molecule has 3 aromatic rings. The third-order valence-corrected chi connectivity index (χ3v) is 4.25. The molecular weight excluding hydrogens is 362 g/mol. The average Bonchev–Trinajstić information content (AvgIpc) is 2.67. The van der Waals surface area contributed by atoms with Crippen molar-refractivity contribution in [1.82, 2.24) is 4.98 Å². The van der Waals surface area contributed by atoms with Gasteiger partial charge in [-0.25, -0.2) is 9.78 Å². The second kappa shape index (κ2) is 8.14. The molecule has 0 unspecified atom stereocenters. The third kappa shape index (κ3) is 4.41. The molecule has 0 atom stereocenters. The average molecular weight is 380 g/mol. The predicted octanol–water partition coefficient (Wildman–Crippen LogP) is 3.49. The van der Waals surface area contributed by atoms with Crippen molar-refractivity contribution in [3.63, 3.8) is 0 Å². The topological polar surface area (TPSA) is 62.7 Å². The summed E-state index contributed by atoms with van der Waals surface area (Å²) in [5, 5.41) is 9.90. The molecule has 5 nitrogen and oxygen atoms in total. The van der Waals surface area contributed by atoms with Crippen LogP contribution >= 0.6 is 11.6 Å². The van der Waals surface area contributed by atoms with Gasteiger partial charge >= 0.3 is 13.5 Å². The largest absolute Gasteiger partial charge is 0.556 e. The van der Waals surface area contributed by atoms with Gasteiger partial charge in [0.2, 0.25) is 0 Å². The fourth-order valence-corrected chi connectivity index (χ4v) is 2.70. The van der Waals surface area contributed by atoms with E-state index in [9.17, 15) is 9.90 Å². The van der Waals surface area contributed by atoms with Crippen LogP contribution in [0.5, 0.6) is 5.75 Å². The molecule has 0 aliphatic carbocycles. The zero-order valence-electron chi connectivity index (χ0n) is 14.9. The van der Waals surface area contributed by atoms with Crippen molar-refractivity contribution in [3.05, 3.63) is 71.5 Å². The first-order chi connectivity index (χ1) is 13.0. The molecule has 0 amide bonds. The van der Waals surface area contributed by atoms with Crippen molar-refractivity contribution >= 4 is 36.2 Å². The fourth-order valence-electron chi connectivity index (χ4n) is 2.58. The molecule has 1 aromatic heterocycles. The summed E-state index contributed by atoms with van der Waals surface area (Å²) in [5.74, 6) is -0.955. The Morgan fingerprint density at radius 1 is 1.15 bits per heavy atom. The molecule has 0 bridgehead atoms. The van der Waals surface area contributed by atoms with E-state index in [4.69, 9.17) is 16.3 Å². The van der Waals surface area contributed by atoms with Crippen molar-refractivity contribution in [2.75, 3.05) is 19.0 Å². The molecule has 27 heavy (non-hydrogen) atoms. The summed E-state index contributed by atoms with van der Waals surface area (Å²) in [6.07, 6.45) is 1.42. The van der Waals surface area contributed by atoms with Crippen LogP contribution in [0.25, 0.3) is 11.1 Å². The fraction of sp³-hybridized carbons (Fsp3) is 0.100. The van der Waals surface area contributed by atoms with Crippen LogP contribution < -0.4 is 15.0 Å². The quantitative estimate of drug-likeness (QED) is 0.664. The third-order valence-electron chi connectivity index (χ3n) is 3.99. The van der Waals surface area contributed by atoms with Gasteiger partial charge in [0, 0.05) is 31.0 Å². The number of anilines is 1. The molecule has 0 saturated carbocycles. The molecule has 1 radical (unpaired) electrons.